The van der Waals surface area contributed by atoms with Gasteiger partial charge in [-0.05, 0) is 13.3 Å². The van der Waals surface area contributed by atoms with Crippen molar-refractivity contribution in [2.45, 2.75) is 38.6 Å². The van der Waals surface area contributed by atoms with E-state index < -0.39 is 6.09 Å². The molecule has 1 heterocycles. The molecule has 1 aliphatic heterocycles. The zero-order valence-electron chi connectivity index (χ0n) is 8.91. The first-order chi connectivity index (χ1) is 7.05. The SMILES string of the molecule is C[C@@H]1CCC[N+]1(C(=O)O)C(=O)CCCBr. The van der Waals surface area contributed by atoms with Crippen LogP contribution in [0.3, 0.4) is 0 Å². The molecule has 0 radical (unpaired) electrons. The summed E-state index contributed by atoms with van der Waals surface area (Å²) in [5, 5.41) is 9.99. The Morgan fingerprint density at radius 1 is 1.53 bits per heavy atom. The second-order valence-electron chi connectivity index (χ2n) is 4.05. The summed E-state index contributed by atoms with van der Waals surface area (Å²) >= 11 is 3.25. The Hall–Kier alpha value is -0.420. The van der Waals surface area contributed by atoms with E-state index in [2.05, 4.69) is 15.9 Å². The predicted octanol–water partition coefficient (Wildman–Crippen LogP) is 2.37. The molecule has 5 heteroatoms. The van der Waals surface area contributed by atoms with Crippen LogP contribution < -0.4 is 0 Å². The Labute approximate surface area is 98.0 Å². The average Bonchev–Trinajstić information content (AvgIpc) is 2.57. The van der Waals surface area contributed by atoms with Crippen molar-refractivity contribution in [2.24, 2.45) is 0 Å². The maximum Gasteiger partial charge on any atom is 0.521 e. The predicted molar refractivity (Wildman–Crippen MR) is 59.9 cm³/mol. The number of imide groups is 1. The van der Waals surface area contributed by atoms with Gasteiger partial charge >= 0.3 is 12.0 Å². The van der Waals surface area contributed by atoms with E-state index in [-0.39, 0.29) is 16.4 Å². The van der Waals surface area contributed by atoms with E-state index in [4.69, 9.17) is 0 Å². The molecule has 1 saturated heterocycles. The average molecular weight is 279 g/mol. The molecule has 15 heavy (non-hydrogen) atoms. The van der Waals surface area contributed by atoms with Crippen molar-refractivity contribution in [3.8, 4) is 0 Å². The molecular weight excluding hydrogens is 262 g/mol. The zero-order chi connectivity index (χ0) is 11.5. The summed E-state index contributed by atoms with van der Waals surface area (Å²) in [4.78, 5) is 23.2. The van der Waals surface area contributed by atoms with Crippen LogP contribution >= 0.6 is 15.9 Å². The summed E-state index contributed by atoms with van der Waals surface area (Å²) in [5.74, 6) is -0.146. The molecule has 4 nitrogen and oxygen atoms in total. The van der Waals surface area contributed by atoms with Crippen molar-refractivity contribution >= 4 is 27.9 Å². The third kappa shape index (κ3) is 2.23. The van der Waals surface area contributed by atoms with Crippen LogP contribution in [0, 0.1) is 0 Å². The van der Waals surface area contributed by atoms with Gasteiger partial charge in [0.1, 0.15) is 6.04 Å². The maximum atomic E-state index is 11.9. The molecule has 0 bridgehead atoms. The van der Waals surface area contributed by atoms with Gasteiger partial charge in [-0.1, -0.05) is 15.9 Å². The number of nitrogens with zero attached hydrogens (tertiary/aromatic N) is 1. The minimum atomic E-state index is -0.987. The molecule has 0 saturated carbocycles. The molecule has 0 aliphatic carbocycles. The van der Waals surface area contributed by atoms with Gasteiger partial charge in [0.15, 0.2) is 0 Å². The van der Waals surface area contributed by atoms with Gasteiger partial charge in [0.2, 0.25) is 0 Å². The number of hydrogen-bond donors (Lipinski definition) is 1. The fourth-order valence-electron chi connectivity index (χ4n) is 2.26. The molecule has 0 aromatic rings. The maximum absolute atomic E-state index is 11.9. The fraction of sp³-hybridized carbons (Fsp3) is 0.800. The number of hydrogen-bond acceptors (Lipinski definition) is 2. The number of likely N-dealkylation sites (tertiary alicyclic amines) is 1. The van der Waals surface area contributed by atoms with Gasteiger partial charge < -0.3 is 5.11 Å². The fourth-order valence-corrected chi connectivity index (χ4v) is 2.54. The summed E-state index contributed by atoms with van der Waals surface area (Å²) in [6.07, 6.45) is 1.72. The van der Waals surface area contributed by atoms with Crippen LogP contribution in [0.1, 0.15) is 32.6 Å². The molecule has 1 unspecified atom stereocenters. The number of carbonyl (C=O) groups excluding carboxylic acids is 1. The van der Waals surface area contributed by atoms with Gasteiger partial charge in [0.05, 0.1) is 13.0 Å². The highest BCUT2D eigenvalue weighted by molar-refractivity contribution is 9.09. The van der Waals surface area contributed by atoms with Crippen molar-refractivity contribution in [3.63, 3.8) is 0 Å². The quantitative estimate of drug-likeness (QED) is 0.637. The largest absolute Gasteiger partial charge is 0.521 e. The highest BCUT2D eigenvalue weighted by Crippen LogP contribution is 2.29. The van der Waals surface area contributed by atoms with Crippen LogP contribution in [-0.4, -0.2) is 39.5 Å². The molecule has 1 fully saturated rings. The first-order valence-corrected chi connectivity index (χ1v) is 6.38. The molecule has 0 aromatic carbocycles. The molecule has 0 aromatic heterocycles. The van der Waals surface area contributed by atoms with Crippen molar-refractivity contribution in [2.75, 3.05) is 11.9 Å². The molecule has 1 rings (SSSR count). The number of amides is 2. The van der Waals surface area contributed by atoms with Gasteiger partial charge in [-0.25, -0.2) is 4.79 Å². The van der Waals surface area contributed by atoms with Crippen LogP contribution in [0.5, 0.6) is 0 Å². The first-order valence-electron chi connectivity index (χ1n) is 5.26. The van der Waals surface area contributed by atoms with Gasteiger partial charge in [-0.3, -0.25) is 0 Å². The minimum Gasteiger partial charge on any atom is -0.435 e. The first kappa shape index (κ1) is 12.6. The molecule has 2 atom stereocenters. The van der Waals surface area contributed by atoms with E-state index in [0.717, 1.165) is 18.2 Å². The Balaban J connectivity index is 2.82. The number of carboxylic acid groups (broad SMARTS) is 1. The summed E-state index contributed by atoms with van der Waals surface area (Å²) in [6, 6.07) is -0.0784. The van der Waals surface area contributed by atoms with Crippen LogP contribution in [0.15, 0.2) is 0 Å². The van der Waals surface area contributed by atoms with E-state index in [1.54, 1.807) is 0 Å². The Morgan fingerprint density at radius 3 is 2.60 bits per heavy atom. The summed E-state index contributed by atoms with van der Waals surface area (Å²) < 4.78 is -0.354. The minimum absolute atomic E-state index is 0.0784. The number of alkyl halides is 1. The molecule has 0 spiro atoms. The second kappa shape index (κ2) is 5.07. The van der Waals surface area contributed by atoms with Crippen molar-refractivity contribution in [1.82, 2.24) is 0 Å². The molecule has 1 aliphatic rings. The second-order valence-corrected chi connectivity index (χ2v) is 4.85. The van der Waals surface area contributed by atoms with Gasteiger partial charge in [0, 0.05) is 18.2 Å². The van der Waals surface area contributed by atoms with Crippen molar-refractivity contribution in [3.05, 3.63) is 0 Å². The zero-order valence-corrected chi connectivity index (χ0v) is 10.5. The monoisotopic (exact) mass is 278 g/mol. The lowest BCUT2D eigenvalue weighted by Gasteiger charge is -2.29. The van der Waals surface area contributed by atoms with Crippen LogP contribution in [-0.2, 0) is 4.79 Å². The third-order valence-electron chi connectivity index (χ3n) is 3.20. The Morgan fingerprint density at radius 2 is 2.20 bits per heavy atom. The van der Waals surface area contributed by atoms with Gasteiger partial charge in [-0.15, -0.1) is 0 Å². The summed E-state index contributed by atoms with van der Waals surface area (Å²) in [7, 11) is 0. The number of halogens is 1. The number of quaternary nitrogens is 1. The standard InChI is InChI=1S/C10H16BrNO3/c1-8-4-3-7-12(8,10(14)15)9(13)5-2-6-11/h8H,2-7H2,1H3/p+1/t8-,12?/m1/s1. The topological polar surface area (TPSA) is 54.4 Å². The van der Waals surface area contributed by atoms with Crippen LogP contribution in [0.25, 0.3) is 0 Å². The molecular formula is C10H17BrNO3+. The summed E-state index contributed by atoms with van der Waals surface area (Å²) in [6.45, 7) is 2.31. The normalized spacial score (nSPS) is 30.4. The van der Waals surface area contributed by atoms with E-state index in [1.165, 1.54) is 0 Å². The molecule has 86 valence electrons. The lowest BCUT2D eigenvalue weighted by molar-refractivity contribution is -0.792. The highest BCUT2D eigenvalue weighted by Gasteiger charge is 2.52. The smallest absolute Gasteiger partial charge is 0.435 e. The van der Waals surface area contributed by atoms with E-state index in [0.29, 0.717) is 19.4 Å². The van der Waals surface area contributed by atoms with Gasteiger partial charge in [0.25, 0.3) is 0 Å². The number of carbonyl (C=O) groups is 2. The van der Waals surface area contributed by atoms with Crippen LogP contribution in [0.4, 0.5) is 4.79 Å². The number of rotatable bonds is 3. The highest BCUT2D eigenvalue weighted by atomic mass is 79.9. The molecule has 2 amide bonds. The molecule has 1 N–H and O–H groups in total. The van der Waals surface area contributed by atoms with Crippen molar-refractivity contribution in [1.29, 1.82) is 0 Å². The Kier molecular flexibility index (Phi) is 4.28. The van der Waals surface area contributed by atoms with Crippen molar-refractivity contribution < 1.29 is 19.2 Å². The van der Waals surface area contributed by atoms with E-state index in [9.17, 15) is 14.7 Å². The Bertz CT molecular complexity index is 269. The van der Waals surface area contributed by atoms with Crippen LogP contribution in [0.2, 0.25) is 0 Å². The lowest BCUT2D eigenvalue weighted by atomic mass is 10.2. The third-order valence-corrected chi connectivity index (χ3v) is 3.76. The lowest BCUT2D eigenvalue weighted by Crippen LogP contribution is -2.58. The van der Waals surface area contributed by atoms with E-state index >= 15 is 0 Å². The summed E-state index contributed by atoms with van der Waals surface area (Å²) in [5.41, 5.74) is 0. The van der Waals surface area contributed by atoms with Gasteiger partial charge in [-0.2, -0.15) is 9.28 Å². The van der Waals surface area contributed by atoms with E-state index in [1.807, 2.05) is 6.92 Å².